The van der Waals surface area contributed by atoms with E-state index in [1.807, 2.05) is 75.1 Å². The standard InChI is InChI=1S/C26H26N6O2/c33-26(25-24(19-7-2-1-3-8-19)23-18-34-16-15-32(23)29-25)31-13-6-9-20(31)17-30-14-11-22(28-30)21-10-4-5-12-27-21/h1-5,7-8,10-12,14,20H,6,9,13,15-18H2/t20-/m0/s1. The van der Waals surface area contributed by atoms with Gasteiger partial charge in [-0.25, -0.2) is 0 Å². The van der Waals surface area contributed by atoms with E-state index >= 15 is 0 Å². The predicted octanol–water partition coefficient (Wildman–Crippen LogP) is 3.64. The number of ether oxygens (including phenoxy) is 1. The summed E-state index contributed by atoms with van der Waals surface area (Å²) in [5.74, 6) is -0.0136. The van der Waals surface area contributed by atoms with Crippen molar-refractivity contribution >= 4 is 5.91 Å². The second kappa shape index (κ2) is 8.87. The van der Waals surface area contributed by atoms with Crippen LogP contribution in [0.25, 0.3) is 22.5 Å². The van der Waals surface area contributed by atoms with E-state index in [4.69, 9.17) is 14.9 Å². The molecule has 8 heteroatoms. The summed E-state index contributed by atoms with van der Waals surface area (Å²) >= 11 is 0. The molecule has 172 valence electrons. The Morgan fingerprint density at radius 3 is 2.74 bits per heavy atom. The zero-order valence-electron chi connectivity index (χ0n) is 18.9. The first-order valence-electron chi connectivity index (χ1n) is 11.8. The van der Waals surface area contributed by atoms with Crippen LogP contribution >= 0.6 is 0 Å². The molecule has 6 rings (SSSR count). The maximum absolute atomic E-state index is 13.9. The first-order chi connectivity index (χ1) is 16.8. The molecular formula is C26H26N6O2. The minimum Gasteiger partial charge on any atom is -0.373 e. The molecule has 0 unspecified atom stereocenters. The second-order valence-corrected chi connectivity index (χ2v) is 8.74. The molecule has 4 aromatic rings. The minimum absolute atomic E-state index is 0.0136. The average Bonchev–Trinajstić information content (AvgIpc) is 3.63. The van der Waals surface area contributed by atoms with Crippen LogP contribution in [0.3, 0.4) is 0 Å². The van der Waals surface area contributed by atoms with Gasteiger partial charge in [0, 0.05) is 24.5 Å². The van der Waals surface area contributed by atoms with E-state index in [0.29, 0.717) is 32.0 Å². The lowest BCUT2D eigenvalue weighted by Crippen LogP contribution is -2.38. The van der Waals surface area contributed by atoms with Crippen LogP contribution in [-0.2, 0) is 24.4 Å². The first-order valence-corrected chi connectivity index (χ1v) is 11.8. The van der Waals surface area contributed by atoms with E-state index in [1.165, 1.54) is 0 Å². The van der Waals surface area contributed by atoms with E-state index in [-0.39, 0.29) is 11.9 Å². The smallest absolute Gasteiger partial charge is 0.275 e. The Balaban J connectivity index is 1.28. The van der Waals surface area contributed by atoms with Gasteiger partial charge in [0.1, 0.15) is 5.69 Å². The fourth-order valence-corrected chi connectivity index (χ4v) is 4.97. The van der Waals surface area contributed by atoms with E-state index in [2.05, 4.69) is 4.98 Å². The lowest BCUT2D eigenvalue weighted by molar-refractivity contribution is 0.0709. The first kappa shape index (κ1) is 20.8. The van der Waals surface area contributed by atoms with Crippen molar-refractivity contribution in [3.8, 4) is 22.5 Å². The number of carbonyl (C=O) groups excluding carboxylic acids is 1. The lowest BCUT2D eigenvalue weighted by atomic mass is 10.0. The van der Waals surface area contributed by atoms with Gasteiger partial charge in [-0.2, -0.15) is 10.2 Å². The maximum Gasteiger partial charge on any atom is 0.275 e. The van der Waals surface area contributed by atoms with Crippen LogP contribution < -0.4 is 0 Å². The Labute approximate surface area is 197 Å². The lowest BCUT2D eigenvalue weighted by Gasteiger charge is -2.24. The molecule has 1 fully saturated rings. The highest BCUT2D eigenvalue weighted by Gasteiger charge is 2.34. The van der Waals surface area contributed by atoms with Crippen LogP contribution in [0.1, 0.15) is 29.0 Å². The molecule has 2 aliphatic rings. The molecule has 1 saturated heterocycles. The molecule has 3 aromatic heterocycles. The van der Waals surface area contributed by atoms with Crippen LogP contribution in [0, 0.1) is 0 Å². The highest BCUT2D eigenvalue weighted by Crippen LogP contribution is 2.32. The molecule has 1 aromatic carbocycles. The number of fused-ring (bicyclic) bond motifs is 1. The summed E-state index contributed by atoms with van der Waals surface area (Å²) in [4.78, 5) is 20.2. The number of hydrogen-bond donors (Lipinski definition) is 0. The number of nitrogens with zero attached hydrogens (tertiary/aromatic N) is 6. The Morgan fingerprint density at radius 2 is 1.88 bits per heavy atom. The highest BCUT2D eigenvalue weighted by atomic mass is 16.5. The second-order valence-electron chi connectivity index (χ2n) is 8.74. The Morgan fingerprint density at radius 1 is 1.00 bits per heavy atom. The summed E-state index contributed by atoms with van der Waals surface area (Å²) in [6, 6.07) is 17.9. The summed E-state index contributed by atoms with van der Waals surface area (Å²) in [6.07, 6.45) is 5.66. The molecule has 0 N–H and O–H groups in total. The van der Waals surface area contributed by atoms with Gasteiger partial charge in [0.05, 0.1) is 43.7 Å². The molecule has 0 bridgehead atoms. The van der Waals surface area contributed by atoms with Gasteiger partial charge < -0.3 is 9.64 Å². The fourth-order valence-electron chi connectivity index (χ4n) is 4.97. The summed E-state index contributed by atoms with van der Waals surface area (Å²) in [6.45, 7) is 3.12. The van der Waals surface area contributed by atoms with Gasteiger partial charge in [0.25, 0.3) is 5.91 Å². The Bertz CT molecular complexity index is 1300. The molecule has 8 nitrogen and oxygen atoms in total. The molecule has 0 radical (unpaired) electrons. The number of likely N-dealkylation sites (tertiary alicyclic amines) is 1. The van der Waals surface area contributed by atoms with E-state index < -0.39 is 0 Å². The van der Waals surface area contributed by atoms with E-state index in [9.17, 15) is 4.79 Å². The third kappa shape index (κ3) is 3.80. The third-order valence-corrected chi connectivity index (χ3v) is 6.61. The van der Waals surface area contributed by atoms with Gasteiger partial charge in [-0.1, -0.05) is 36.4 Å². The van der Waals surface area contributed by atoms with Gasteiger partial charge >= 0.3 is 0 Å². The average molecular weight is 455 g/mol. The molecule has 1 amide bonds. The molecule has 0 aliphatic carbocycles. The van der Waals surface area contributed by atoms with Gasteiger partial charge in [0.2, 0.25) is 0 Å². The van der Waals surface area contributed by atoms with Crippen LogP contribution in [0.15, 0.2) is 67.0 Å². The van der Waals surface area contributed by atoms with E-state index in [0.717, 1.165) is 47.6 Å². The predicted molar refractivity (Wildman–Crippen MR) is 127 cm³/mol. The van der Waals surface area contributed by atoms with Crippen molar-refractivity contribution in [3.63, 3.8) is 0 Å². The van der Waals surface area contributed by atoms with Crippen LogP contribution in [0.4, 0.5) is 0 Å². The van der Waals surface area contributed by atoms with Crippen molar-refractivity contribution in [3.05, 3.63) is 78.4 Å². The van der Waals surface area contributed by atoms with Crippen molar-refractivity contribution < 1.29 is 9.53 Å². The van der Waals surface area contributed by atoms with Gasteiger partial charge in [-0.3, -0.25) is 19.1 Å². The highest BCUT2D eigenvalue weighted by molar-refractivity contribution is 6.00. The summed E-state index contributed by atoms with van der Waals surface area (Å²) in [5.41, 5.74) is 5.08. The largest absolute Gasteiger partial charge is 0.373 e. The van der Waals surface area contributed by atoms with Gasteiger partial charge in [0.15, 0.2) is 5.69 Å². The molecule has 1 atom stereocenters. The number of benzene rings is 1. The molecule has 34 heavy (non-hydrogen) atoms. The maximum atomic E-state index is 13.9. The topological polar surface area (TPSA) is 78.1 Å². The third-order valence-electron chi connectivity index (χ3n) is 6.61. The number of pyridine rings is 1. The zero-order chi connectivity index (χ0) is 22.9. The summed E-state index contributed by atoms with van der Waals surface area (Å²) in [5, 5.41) is 9.48. The summed E-state index contributed by atoms with van der Waals surface area (Å²) < 4.78 is 9.58. The van der Waals surface area contributed by atoms with Crippen molar-refractivity contribution in [2.45, 2.75) is 38.6 Å². The van der Waals surface area contributed by atoms with E-state index in [1.54, 1.807) is 6.20 Å². The number of rotatable bonds is 5. The molecular weight excluding hydrogens is 428 g/mol. The number of amides is 1. The molecule has 0 spiro atoms. The number of hydrogen-bond acceptors (Lipinski definition) is 5. The SMILES string of the molecule is O=C(c1nn2c(c1-c1ccccc1)COCC2)N1CCC[C@H]1Cn1ccc(-c2ccccn2)n1. The van der Waals surface area contributed by atoms with Gasteiger partial charge in [-0.05, 0) is 36.6 Å². The fraction of sp³-hybridized carbons (Fsp3) is 0.308. The monoisotopic (exact) mass is 454 g/mol. The summed E-state index contributed by atoms with van der Waals surface area (Å²) in [7, 11) is 0. The molecule has 5 heterocycles. The van der Waals surface area contributed by atoms with Crippen LogP contribution in [0.2, 0.25) is 0 Å². The van der Waals surface area contributed by atoms with Crippen LogP contribution in [-0.4, -0.2) is 54.5 Å². The number of aromatic nitrogens is 5. The quantitative estimate of drug-likeness (QED) is 0.460. The van der Waals surface area contributed by atoms with Crippen LogP contribution in [0.5, 0.6) is 0 Å². The minimum atomic E-state index is -0.0136. The normalized spacial score (nSPS) is 17.6. The number of carbonyl (C=O) groups is 1. The Hall–Kier alpha value is -3.78. The molecule has 2 aliphatic heterocycles. The van der Waals surface area contributed by atoms with Crippen molar-refractivity contribution in [2.75, 3.05) is 13.2 Å². The zero-order valence-corrected chi connectivity index (χ0v) is 18.9. The van der Waals surface area contributed by atoms with Crippen molar-refractivity contribution in [2.24, 2.45) is 0 Å². The van der Waals surface area contributed by atoms with Crippen molar-refractivity contribution in [1.82, 2.24) is 29.4 Å². The molecule has 0 saturated carbocycles. The van der Waals surface area contributed by atoms with Crippen molar-refractivity contribution in [1.29, 1.82) is 0 Å². The Kier molecular flexibility index (Phi) is 5.43. The van der Waals surface area contributed by atoms with Gasteiger partial charge in [-0.15, -0.1) is 0 Å².